The Morgan fingerprint density at radius 1 is 1.61 bits per heavy atom. The van der Waals surface area contributed by atoms with Crippen LogP contribution in [0.3, 0.4) is 0 Å². The number of carbonyl (C=O) groups is 1. The van der Waals surface area contributed by atoms with E-state index in [9.17, 15) is 4.79 Å². The van der Waals surface area contributed by atoms with Gasteiger partial charge in [0.15, 0.2) is 0 Å². The lowest BCUT2D eigenvalue weighted by Crippen LogP contribution is -2.29. The van der Waals surface area contributed by atoms with Gasteiger partial charge in [0, 0.05) is 18.8 Å². The molecule has 0 aromatic carbocycles. The summed E-state index contributed by atoms with van der Waals surface area (Å²) in [5, 5.41) is 18.1. The van der Waals surface area contributed by atoms with Crippen molar-refractivity contribution in [2.75, 3.05) is 6.54 Å². The summed E-state index contributed by atoms with van der Waals surface area (Å²) in [6.07, 6.45) is 0.695. The summed E-state index contributed by atoms with van der Waals surface area (Å²) in [4.78, 5) is 11.3. The van der Waals surface area contributed by atoms with Crippen LogP contribution < -0.4 is 11.1 Å². The van der Waals surface area contributed by atoms with Gasteiger partial charge in [0.05, 0.1) is 12.1 Å². The fourth-order valence-electron chi connectivity index (χ4n) is 1.62. The number of amides is 1. The summed E-state index contributed by atoms with van der Waals surface area (Å²) in [7, 11) is 0. The molecule has 1 heterocycles. The first-order valence-electron chi connectivity index (χ1n) is 5.77. The van der Waals surface area contributed by atoms with E-state index in [0.29, 0.717) is 6.54 Å². The molecule has 0 saturated heterocycles. The van der Waals surface area contributed by atoms with E-state index in [0.717, 1.165) is 24.4 Å². The monoisotopic (exact) mass is 253 g/mol. The first-order chi connectivity index (χ1) is 8.52. The predicted molar refractivity (Wildman–Crippen MR) is 67.4 cm³/mol. The van der Waals surface area contributed by atoms with E-state index < -0.39 is 0 Å². The van der Waals surface area contributed by atoms with Crippen molar-refractivity contribution in [3.05, 3.63) is 17.5 Å². The Morgan fingerprint density at radius 2 is 2.33 bits per heavy atom. The van der Waals surface area contributed by atoms with Crippen molar-refractivity contribution >= 4 is 11.7 Å². The number of nitrogens with zero attached hydrogens (tertiary/aromatic N) is 3. The number of oxime groups is 1. The molecule has 0 aliphatic rings. The molecule has 1 rings (SSSR count). The number of carbonyl (C=O) groups excluding carboxylic acids is 1. The Bertz CT molecular complexity index is 439. The van der Waals surface area contributed by atoms with E-state index in [1.807, 2.05) is 24.6 Å². The van der Waals surface area contributed by atoms with Crippen LogP contribution in [0.1, 0.15) is 24.2 Å². The Morgan fingerprint density at radius 3 is 2.89 bits per heavy atom. The molecule has 0 aliphatic heterocycles. The lowest BCUT2D eigenvalue weighted by atomic mass is 10.3. The van der Waals surface area contributed by atoms with E-state index in [-0.39, 0.29) is 18.2 Å². The molecule has 1 amide bonds. The fourth-order valence-corrected chi connectivity index (χ4v) is 1.62. The number of aryl methyl sites for hydroxylation is 3. The largest absolute Gasteiger partial charge is 0.409 e. The molecule has 0 radical (unpaired) electrons. The maximum atomic E-state index is 11.3. The third-order valence-electron chi connectivity index (χ3n) is 2.44. The number of rotatable bonds is 6. The molecular weight excluding hydrogens is 234 g/mol. The van der Waals surface area contributed by atoms with Gasteiger partial charge in [0.1, 0.15) is 5.84 Å². The lowest BCUT2D eigenvalue weighted by Gasteiger charge is -2.06. The summed E-state index contributed by atoms with van der Waals surface area (Å²) >= 11 is 0. The topological polar surface area (TPSA) is 106 Å². The Labute approximate surface area is 106 Å². The number of amidine groups is 1. The summed E-state index contributed by atoms with van der Waals surface area (Å²) in [6, 6.07) is 2.01. The quantitative estimate of drug-likeness (QED) is 0.220. The highest BCUT2D eigenvalue weighted by Gasteiger charge is 2.04. The van der Waals surface area contributed by atoms with Crippen LogP contribution in [-0.4, -0.2) is 33.3 Å². The van der Waals surface area contributed by atoms with E-state index in [2.05, 4.69) is 15.6 Å². The third-order valence-corrected chi connectivity index (χ3v) is 2.44. The van der Waals surface area contributed by atoms with Gasteiger partial charge in [-0.25, -0.2) is 0 Å². The minimum Gasteiger partial charge on any atom is -0.409 e. The van der Waals surface area contributed by atoms with Gasteiger partial charge < -0.3 is 16.3 Å². The summed E-state index contributed by atoms with van der Waals surface area (Å²) in [5.41, 5.74) is 7.31. The van der Waals surface area contributed by atoms with Crippen LogP contribution in [0, 0.1) is 13.8 Å². The standard InChI is InChI=1S/C11H19N5O2/c1-8-6-9(2)16(14-8)5-3-4-13-11(17)7-10(12)15-18/h6,18H,3-5,7H2,1-2H3,(H2,12,15)(H,13,17). The van der Waals surface area contributed by atoms with Crippen LogP contribution in [0.2, 0.25) is 0 Å². The van der Waals surface area contributed by atoms with Crippen molar-refractivity contribution < 1.29 is 10.0 Å². The van der Waals surface area contributed by atoms with Gasteiger partial charge in [-0.05, 0) is 26.3 Å². The van der Waals surface area contributed by atoms with E-state index in [4.69, 9.17) is 10.9 Å². The molecule has 7 nitrogen and oxygen atoms in total. The fraction of sp³-hybridized carbons (Fsp3) is 0.545. The van der Waals surface area contributed by atoms with Crippen molar-refractivity contribution in [3.8, 4) is 0 Å². The molecule has 0 unspecified atom stereocenters. The molecule has 0 atom stereocenters. The molecule has 0 aliphatic carbocycles. The van der Waals surface area contributed by atoms with Crippen molar-refractivity contribution in [1.82, 2.24) is 15.1 Å². The van der Waals surface area contributed by atoms with Gasteiger partial charge in [-0.1, -0.05) is 5.16 Å². The van der Waals surface area contributed by atoms with Crippen LogP contribution in [0.5, 0.6) is 0 Å². The number of hydrogen-bond acceptors (Lipinski definition) is 4. The van der Waals surface area contributed by atoms with Crippen molar-refractivity contribution in [2.45, 2.75) is 33.2 Å². The van der Waals surface area contributed by atoms with Crippen LogP contribution in [0.15, 0.2) is 11.2 Å². The minimum absolute atomic E-state index is 0.0869. The molecule has 0 saturated carbocycles. The summed E-state index contributed by atoms with van der Waals surface area (Å²) in [5.74, 6) is -0.343. The lowest BCUT2D eigenvalue weighted by molar-refractivity contribution is -0.119. The zero-order valence-corrected chi connectivity index (χ0v) is 10.7. The zero-order valence-electron chi connectivity index (χ0n) is 10.7. The summed E-state index contributed by atoms with van der Waals surface area (Å²) in [6.45, 7) is 5.23. The van der Waals surface area contributed by atoms with Crippen molar-refractivity contribution in [1.29, 1.82) is 0 Å². The number of nitrogens with two attached hydrogens (primary N) is 1. The van der Waals surface area contributed by atoms with Gasteiger partial charge >= 0.3 is 0 Å². The van der Waals surface area contributed by atoms with Crippen LogP contribution in [0.4, 0.5) is 0 Å². The average Bonchev–Trinajstić information content (AvgIpc) is 2.63. The smallest absolute Gasteiger partial charge is 0.227 e. The van der Waals surface area contributed by atoms with E-state index in [1.165, 1.54) is 0 Å². The van der Waals surface area contributed by atoms with Crippen LogP contribution >= 0.6 is 0 Å². The number of hydrogen-bond donors (Lipinski definition) is 3. The van der Waals surface area contributed by atoms with Crippen LogP contribution in [-0.2, 0) is 11.3 Å². The SMILES string of the molecule is Cc1cc(C)n(CCCNC(=O)C/C(N)=N/O)n1. The van der Waals surface area contributed by atoms with Crippen LogP contribution in [0.25, 0.3) is 0 Å². The van der Waals surface area contributed by atoms with Gasteiger partial charge in [-0.3, -0.25) is 9.48 Å². The van der Waals surface area contributed by atoms with E-state index >= 15 is 0 Å². The van der Waals surface area contributed by atoms with Gasteiger partial charge in [-0.2, -0.15) is 5.10 Å². The second-order valence-electron chi connectivity index (χ2n) is 4.12. The van der Waals surface area contributed by atoms with E-state index in [1.54, 1.807) is 0 Å². The predicted octanol–water partition coefficient (Wildman–Crippen LogP) is 0.143. The second-order valence-corrected chi connectivity index (χ2v) is 4.12. The zero-order chi connectivity index (χ0) is 13.5. The molecule has 0 spiro atoms. The molecule has 1 aromatic heterocycles. The van der Waals surface area contributed by atoms with Gasteiger partial charge in [0.25, 0.3) is 0 Å². The summed E-state index contributed by atoms with van der Waals surface area (Å²) < 4.78 is 1.91. The maximum Gasteiger partial charge on any atom is 0.227 e. The second kappa shape index (κ2) is 6.63. The Balaban J connectivity index is 2.23. The Kier molecular flexibility index (Phi) is 5.16. The maximum absolute atomic E-state index is 11.3. The van der Waals surface area contributed by atoms with Gasteiger partial charge in [-0.15, -0.1) is 0 Å². The Hall–Kier alpha value is -2.05. The highest BCUT2D eigenvalue weighted by atomic mass is 16.4. The molecule has 7 heteroatoms. The normalized spacial score (nSPS) is 11.6. The molecular formula is C11H19N5O2. The first kappa shape index (κ1) is 14.0. The highest BCUT2D eigenvalue weighted by molar-refractivity contribution is 5.98. The van der Waals surface area contributed by atoms with Crippen molar-refractivity contribution in [2.24, 2.45) is 10.9 Å². The number of nitrogens with one attached hydrogen (secondary N) is 1. The average molecular weight is 253 g/mol. The molecule has 18 heavy (non-hydrogen) atoms. The number of aromatic nitrogens is 2. The minimum atomic E-state index is -0.251. The van der Waals surface area contributed by atoms with Crippen molar-refractivity contribution in [3.63, 3.8) is 0 Å². The molecule has 1 aromatic rings. The molecule has 0 fully saturated rings. The molecule has 0 bridgehead atoms. The molecule has 100 valence electrons. The van der Waals surface area contributed by atoms with Gasteiger partial charge in [0.2, 0.25) is 5.91 Å². The third kappa shape index (κ3) is 4.44. The first-order valence-corrected chi connectivity index (χ1v) is 5.77. The highest BCUT2D eigenvalue weighted by Crippen LogP contribution is 2.02. The molecule has 4 N–H and O–H groups in total.